The summed E-state index contributed by atoms with van der Waals surface area (Å²) in [4.78, 5) is 0. The monoisotopic (exact) mass is 149 g/mol. The van der Waals surface area contributed by atoms with Gasteiger partial charge < -0.3 is 4.57 Å². The van der Waals surface area contributed by atoms with Crippen LogP contribution < -0.4 is 18.9 Å². The van der Waals surface area contributed by atoms with Gasteiger partial charge in [0.25, 0.3) is 0 Å². The van der Waals surface area contributed by atoms with Gasteiger partial charge in [0.05, 0.1) is 0 Å². The van der Waals surface area contributed by atoms with Crippen molar-refractivity contribution in [3.05, 3.63) is 0 Å². The van der Waals surface area contributed by atoms with E-state index >= 15 is 0 Å². The molecule has 1 aliphatic rings. The van der Waals surface area contributed by atoms with E-state index in [0.717, 1.165) is 0 Å². The molecule has 1 nitrogen and oxygen atoms in total. The average Bonchev–Trinajstić information content (AvgIpc) is 1.90. The summed E-state index contributed by atoms with van der Waals surface area (Å²) in [5.41, 5.74) is 0. The van der Waals surface area contributed by atoms with Crippen LogP contribution >= 0.6 is 0 Å². The molecule has 1 heterocycles. The summed E-state index contributed by atoms with van der Waals surface area (Å²) >= 11 is 0. The summed E-state index contributed by atoms with van der Waals surface area (Å²) in [6.07, 6.45) is 4.34. The van der Waals surface area contributed by atoms with Crippen LogP contribution in [0.3, 0.4) is 0 Å². The fourth-order valence-electron chi connectivity index (χ4n) is 1.34. The quantitative estimate of drug-likeness (QED) is 0.420. The smallest absolute Gasteiger partial charge is 0.475 e. The summed E-state index contributed by atoms with van der Waals surface area (Å²) < 4.78 is 2.66. The van der Waals surface area contributed by atoms with E-state index in [1.165, 1.54) is 32.4 Å². The van der Waals surface area contributed by atoms with Gasteiger partial charge in [-0.15, -0.1) is 0 Å². The first-order valence-corrected chi connectivity index (χ1v) is 6.30. The maximum atomic E-state index is 2.66. The van der Waals surface area contributed by atoms with Crippen molar-refractivity contribution in [2.45, 2.75) is 32.4 Å². The predicted molar refractivity (Wildman–Crippen MR) is 42.9 cm³/mol. The molecular weight excluding hydrogens is 133 g/mol. The molecule has 0 amide bonds. The second-order valence-electron chi connectivity index (χ2n) is 2.99. The maximum Gasteiger partial charge on any atom is 1.00 e. The molecule has 0 radical (unpaired) electrons. The summed E-state index contributed by atoms with van der Waals surface area (Å²) in [7, 11) is -0.102. The minimum atomic E-state index is -0.102. The van der Waals surface area contributed by atoms with E-state index < -0.39 is 0 Å². The van der Waals surface area contributed by atoms with Crippen molar-refractivity contribution in [2.75, 3.05) is 13.1 Å². The second kappa shape index (κ2) is 5.43. The van der Waals surface area contributed by atoms with Crippen LogP contribution in [0, 0.1) is 0 Å². The van der Waals surface area contributed by atoms with Crippen molar-refractivity contribution in [3.8, 4) is 0 Å². The molecule has 1 rings (SSSR count). The summed E-state index contributed by atoms with van der Waals surface area (Å²) in [6, 6.07) is 0. The number of piperidine rings is 1. The molecule has 0 aromatic rings. The number of hydrogen-bond donors (Lipinski definition) is 0. The van der Waals surface area contributed by atoms with Gasteiger partial charge in [-0.2, -0.15) is 22.1 Å². The zero-order valence-corrected chi connectivity index (χ0v) is 8.48. The Balaban J connectivity index is 0.000000810. The minimum Gasteiger partial charge on any atom is -0.475 e. The van der Waals surface area contributed by atoms with Gasteiger partial charge in [0.15, 0.2) is 0 Å². The molecular formula is C7H16LiNSi. The summed E-state index contributed by atoms with van der Waals surface area (Å²) in [6.45, 7) is 7.52. The third kappa shape index (κ3) is 3.25. The van der Waals surface area contributed by atoms with Crippen LogP contribution in [-0.4, -0.2) is 26.6 Å². The normalized spacial score (nSPS) is 20.7. The van der Waals surface area contributed by atoms with Crippen LogP contribution in [0.15, 0.2) is 0 Å². The Bertz CT molecular complexity index is 81.7. The van der Waals surface area contributed by atoms with Gasteiger partial charge in [-0.25, -0.2) is 0 Å². The van der Waals surface area contributed by atoms with Gasteiger partial charge in [0, 0.05) is 0 Å². The molecule has 10 heavy (non-hydrogen) atoms. The first kappa shape index (κ1) is 10.8. The van der Waals surface area contributed by atoms with Gasteiger partial charge in [-0.3, -0.25) is 0 Å². The Labute approximate surface area is 78.0 Å². The first-order valence-electron chi connectivity index (χ1n) is 3.86. The molecule has 0 aliphatic carbocycles. The van der Waals surface area contributed by atoms with Crippen molar-refractivity contribution in [2.24, 2.45) is 0 Å². The zero-order valence-electron chi connectivity index (χ0n) is 7.48. The molecule has 1 saturated heterocycles. The maximum absolute atomic E-state index is 2.66. The average molecular weight is 149 g/mol. The fourth-order valence-corrected chi connectivity index (χ4v) is 2.55. The third-order valence-electron chi connectivity index (χ3n) is 1.99. The van der Waals surface area contributed by atoms with Gasteiger partial charge in [-0.1, -0.05) is 6.42 Å². The second-order valence-corrected chi connectivity index (χ2v) is 5.52. The van der Waals surface area contributed by atoms with E-state index in [0.29, 0.717) is 0 Å². The Morgan fingerprint density at radius 1 is 1.00 bits per heavy atom. The van der Waals surface area contributed by atoms with Crippen molar-refractivity contribution >= 4 is 8.96 Å². The minimum absolute atomic E-state index is 0. The third-order valence-corrected chi connectivity index (χ3v) is 3.70. The Morgan fingerprint density at radius 2 is 1.50 bits per heavy atom. The zero-order chi connectivity index (χ0) is 6.69. The first-order chi connectivity index (χ1) is 4.30. The van der Waals surface area contributed by atoms with Gasteiger partial charge in [0.1, 0.15) is 0 Å². The van der Waals surface area contributed by atoms with E-state index in [2.05, 4.69) is 17.7 Å². The van der Waals surface area contributed by atoms with Crippen LogP contribution in [0.4, 0.5) is 0 Å². The molecule has 1 fully saturated rings. The van der Waals surface area contributed by atoms with Gasteiger partial charge in [-0.05, 0) is 25.9 Å². The molecule has 0 atom stereocenters. The fraction of sp³-hybridized carbons (Fsp3) is 1.00. The molecule has 1 aliphatic heterocycles. The van der Waals surface area contributed by atoms with Crippen LogP contribution in [0.1, 0.15) is 19.3 Å². The molecule has 0 aromatic carbocycles. The summed E-state index contributed by atoms with van der Waals surface area (Å²) in [5, 5.41) is 0. The van der Waals surface area contributed by atoms with Gasteiger partial charge >= 0.3 is 18.9 Å². The molecule has 0 aromatic heterocycles. The molecule has 0 N–H and O–H groups in total. The van der Waals surface area contributed by atoms with Crippen molar-refractivity contribution in [1.29, 1.82) is 0 Å². The molecule has 0 saturated carbocycles. The van der Waals surface area contributed by atoms with Crippen LogP contribution in [0.5, 0.6) is 0 Å². The van der Waals surface area contributed by atoms with Crippen LogP contribution in [0.25, 0.3) is 0 Å². The van der Waals surface area contributed by atoms with E-state index in [9.17, 15) is 0 Å². The van der Waals surface area contributed by atoms with Crippen molar-refractivity contribution < 1.29 is 18.9 Å². The van der Waals surface area contributed by atoms with Gasteiger partial charge in [0.2, 0.25) is 0 Å². The SMILES string of the molecule is C[Si-](C)N1CCCCC1.[Li+]. The van der Waals surface area contributed by atoms with Crippen LogP contribution in [-0.2, 0) is 0 Å². The molecule has 0 unspecified atom stereocenters. The molecule has 3 heteroatoms. The van der Waals surface area contributed by atoms with Crippen molar-refractivity contribution in [3.63, 3.8) is 0 Å². The topological polar surface area (TPSA) is 3.24 Å². The van der Waals surface area contributed by atoms with Crippen molar-refractivity contribution in [1.82, 2.24) is 4.57 Å². The van der Waals surface area contributed by atoms with Crippen LogP contribution in [0.2, 0.25) is 13.1 Å². The summed E-state index contributed by atoms with van der Waals surface area (Å²) in [5.74, 6) is 0. The standard InChI is InChI=1S/C7H16NSi.Li/c1-9(2)8-6-4-3-5-7-8;/h3-7H2,1-2H3;/q-1;+1. The molecule has 0 spiro atoms. The van der Waals surface area contributed by atoms with E-state index in [4.69, 9.17) is 0 Å². The van der Waals surface area contributed by atoms with E-state index in [1.54, 1.807) is 0 Å². The number of nitrogens with zero attached hydrogens (tertiary/aromatic N) is 1. The predicted octanol–water partition coefficient (Wildman–Crippen LogP) is -1.27. The Kier molecular flexibility index (Phi) is 5.85. The Morgan fingerprint density at radius 3 is 1.80 bits per heavy atom. The molecule has 54 valence electrons. The number of rotatable bonds is 1. The largest absolute Gasteiger partial charge is 1.00 e. The number of hydrogen-bond acceptors (Lipinski definition) is 1. The molecule has 0 bridgehead atoms. The van der Waals surface area contributed by atoms with E-state index in [-0.39, 0.29) is 27.8 Å². The Hall–Kier alpha value is 0.774. The van der Waals surface area contributed by atoms with E-state index in [1.807, 2.05) is 0 Å².